The van der Waals surface area contributed by atoms with Crippen molar-refractivity contribution in [2.45, 2.75) is 25.7 Å². The van der Waals surface area contributed by atoms with Gasteiger partial charge in [-0.05, 0) is 19.5 Å². The molecule has 0 aliphatic carbocycles. The Labute approximate surface area is 90.4 Å². The molecule has 0 saturated carbocycles. The summed E-state index contributed by atoms with van der Waals surface area (Å²) in [5, 5.41) is 2.89. The molecule has 0 radical (unpaired) electrons. The maximum absolute atomic E-state index is 10.6. The molecule has 0 aliphatic heterocycles. The lowest BCUT2D eigenvalue weighted by atomic mass is 10.2. The summed E-state index contributed by atoms with van der Waals surface area (Å²) in [6.45, 7) is 2.42. The number of carbonyl (C=O) groups is 1. The molecular formula is C12H17NO2. The van der Waals surface area contributed by atoms with Crippen LogP contribution >= 0.6 is 0 Å². The molecule has 1 N–H and O–H groups in total. The number of ether oxygens (including phenoxy) is 1. The molecule has 2 atom stereocenters. The first kappa shape index (κ1) is 11.9. The van der Waals surface area contributed by atoms with Crippen LogP contribution in [0, 0.1) is 0 Å². The number of nitrogens with one attached hydrogen (secondary N) is 1. The fourth-order valence-electron chi connectivity index (χ4n) is 1.32. The van der Waals surface area contributed by atoms with Gasteiger partial charge in [-0.3, -0.25) is 0 Å². The van der Waals surface area contributed by atoms with E-state index >= 15 is 0 Å². The maximum Gasteiger partial charge on any atom is 0.139 e. The minimum Gasteiger partial charge on any atom is -0.372 e. The van der Waals surface area contributed by atoms with Crippen LogP contribution in [0.5, 0.6) is 0 Å². The van der Waals surface area contributed by atoms with E-state index in [9.17, 15) is 4.79 Å². The van der Waals surface area contributed by atoms with Crippen LogP contribution in [0.2, 0.25) is 0 Å². The number of aldehydes is 1. The van der Waals surface area contributed by atoms with Crippen LogP contribution in [0.1, 0.15) is 12.5 Å². The largest absolute Gasteiger partial charge is 0.372 e. The number of hydrogen-bond acceptors (Lipinski definition) is 3. The topological polar surface area (TPSA) is 38.3 Å². The zero-order chi connectivity index (χ0) is 11.1. The van der Waals surface area contributed by atoms with E-state index in [1.807, 2.05) is 37.3 Å². The maximum atomic E-state index is 10.6. The molecule has 1 aromatic carbocycles. The van der Waals surface area contributed by atoms with Gasteiger partial charge in [0.25, 0.3) is 0 Å². The second kappa shape index (κ2) is 6.32. The Balaban J connectivity index is 2.40. The summed E-state index contributed by atoms with van der Waals surface area (Å²) in [7, 11) is 1.75. The average molecular weight is 207 g/mol. The van der Waals surface area contributed by atoms with E-state index in [1.54, 1.807) is 7.05 Å². The molecule has 1 aromatic rings. The second-order valence-corrected chi connectivity index (χ2v) is 3.45. The van der Waals surface area contributed by atoms with Gasteiger partial charge in [0.2, 0.25) is 0 Å². The van der Waals surface area contributed by atoms with Crippen molar-refractivity contribution in [2.24, 2.45) is 0 Å². The molecular weight excluding hydrogens is 190 g/mol. The summed E-state index contributed by atoms with van der Waals surface area (Å²) in [6, 6.07) is 9.67. The standard InChI is InChI=1S/C12H17NO2/c1-10(12(8-14)13-2)15-9-11-6-4-3-5-7-11/h3-8,10,12-13H,9H2,1-2H3/t10-,12-/m1/s1. The molecule has 0 unspecified atom stereocenters. The van der Waals surface area contributed by atoms with Gasteiger partial charge < -0.3 is 14.8 Å². The molecule has 0 bridgehead atoms. The first-order valence-corrected chi connectivity index (χ1v) is 5.06. The highest BCUT2D eigenvalue weighted by molar-refractivity contribution is 5.58. The van der Waals surface area contributed by atoms with E-state index in [1.165, 1.54) is 0 Å². The molecule has 0 aliphatic rings. The molecule has 82 valence electrons. The van der Waals surface area contributed by atoms with E-state index in [0.717, 1.165) is 11.8 Å². The lowest BCUT2D eigenvalue weighted by Gasteiger charge is -2.18. The highest BCUT2D eigenvalue weighted by Crippen LogP contribution is 2.04. The Kier molecular flexibility index (Phi) is 5.01. The first-order chi connectivity index (χ1) is 7.27. The van der Waals surface area contributed by atoms with Gasteiger partial charge in [0, 0.05) is 0 Å². The van der Waals surface area contributed by atoms with Crippen molar-refractivity contribution in [3.05, 3.63) is 35.9 Å². The first-order valence-electron chi connectivity index (χ1n) is 5.06. The predicted molar refractivity (Wildman–Crippen MR) is 59.6 cm³/mol. The number of benzene rings is 1. The van der Waals surface area contributed by atoms with Crippen LogP contribution in [0.4, 0.5) is 0 Å². The van der Waals surface area contributed by atoms with Crippen molar-refractivity contribution in [3.8, 4) is 0 Å². The van der Waals surface area contributed by atoms with Gasteiger partial charge in [0.05, 0.1) is 18.8 Å². The molecule has 0 aromatic heterocycles. The average Bonchev–Trinajstić information content (AvgIpc) is 2.29. The third-order valence-corrected chi connectivity index (χ3v) is 2.34. The zero-order valence-electron chi connectivity index (χ0n) is 9.14. The van der Waals surface area contributed by atoms with E-state index in [4.69, 9.17) is 4.74 Å². The minimum absolute atomic E-state index is 0.118. The summed E-state index contributed by atoms with van der Waals surface area (Å²) >= 11 is 0. The van der Waals surface area contributed by atoms with Gasteiger partial charge >= 0.3 is 0 Å². The van der Waals surface area contributed by atoms with Gasteiger partial charge in [-0.1, -0.05) is 30.3 Å². The Morgan fingerprint density at radius 3 is 2.60 bits per heavy atom. The van der Waals surface area contributed by atoms with Crippen molar-refractivity contribution in [1.29, 1.82) is 0 Å². The fourth-order valence-corrected chi connectivity index (χ4v) is 1.32. The molecule has 0 fully saturated rings. The Morgan fingerprint density at radius 1 is 1.40 bits per heavy atom. The lowest BCUT2D eigenvalue weighted by Crippen LogP contribution is -2.38. The molecule has 1 rings (SSSR count). The molecule has 0 amide bonds. The molecule has 0 heterocycles. The van der Waals surface area contributed by atoms with Crippen LogP contribution in [-0.4, -0.2) is 25.5 Å². The van der Waals surface area contributed by atoms with Gasteiger partial charge in [-0.25, -0.2) is 0 Å². The third kappa shape index (κ3) is 3.81. The molecule has 3 nitrogen and oxygen atoms in total. The highest BCUT2D eigenvalue weighted by Gasteiger charge is 2.14. The third-order valence-electron chi connectivity index (χ3n) is 2.34. The van der Waals surface area contributed by atoms with E-state index in [-0.39, 0.29) is 12.1 Å². The second-order valence-electron chi connectivity index (χ2n) is 3.45. The van der Waals surface area contributed by atoms with E-state index < -0.39 is 0 Å². The van der Waals surface area contributed by atoms with Crippen LogP contribution < -0.4 is 5.32 Å². The predicted octanol–water partition coefficient (Wildman–Crippen LogP) is 1.38. The lowest BCUT2D eigenvalue weighted by molar-refractivity contribution is -0.113. The monoisotopic (exact) mass is 207 g/mol. The van der Waals surface area contributed by atoms with Crippen molar-refractivity contribution in [3.63, 3.8) is 0 Å². The van der Waals surface area contributed by atoms with Gasteiger partial charge in [-0.2, -0.15) is 0 Å². The summed E-state index contributed by atoms with van der Waals surface area (Å²) in [5.41, 5.74) is 1.12. The summed E-state index contributed by atoms with van der Waals surface area (Å²) in [5.74, 6) is 0. The van der Waals surface area contributed by atoms with Crippen LogP contribution in [0.25, 0.3) is 0 Å². The quantitative estimate of drug-likeness (QED) is 0.716. The summed E-state index contributed by atoms with van der Waals surface area (Å²) in [4.78, 5) is 10.6. The molecule has 0 saturated heterocycles. The van der Waals surface area contributed by atoms with Crippen molar-refractivity contribution < 1.29 is 9.53 Å². The molecule has 3 heteroatoms. The summed E-state index contributed by atoms with van der Waals surface area (Å²) in [6.07, 6.45) is 0.753. The van der Waals surface area contributed by atoms with Crippen LogP contribution in [-0.2, 0) is 16.1 Å². The molecule has 15 heavy (non-hydrogen) atoms. The number of likely N-dealkylation sites (N-methyl/N-ethyl adjacent to an activating group) is 1. The number of hydrogen-bond donors (Lipinski definition) is 1. The van der Waals surface area contributed by atoms with Crippen molar-refractivity contribution >= 4 is 6.29 Å². The van der Waals surface area contributed by atoms with Gasteiger partial charge in [0.1, 0.15) is 6.29 Å². The van der Waals surface area contributed by atoms with Crippen LogP contribution in [0.15, 0.2) is 30.3 Å². The Morgan fingerprint density at radius 2 is 2.07 bits per heavy atom. The zero-order valence-corrected chi connectivity index (χ0v) is 9.14. The highest BCUT2D eigenvalue weighted by atomic mass is 16.5. The fraction of sp³-hybridized carbons (Fsp3) is 0.417. The van der Waals surface area contributed by atoms with E-state index in [2.05, 4.69) is 5.32 Å². The normalized spacial score (nSPS) is 14.5. The Bertz CT molecular complexity index is 287. The van der Waals surface area contributed by atoms with Crippen molar-refractivity contribution in [2.75, 3.05) is 7.05 Å². The minimum atomic E-state index is -0.242. The Hall–Kier alpha value is -1.19. The van der Waals surface area contributed by atoms with E-state index in [0.29, 0.717) is 6.61 Å². The number of rotatable bonds is 6. The van der Waals surface area contributed by atoms with Gasteiger partial charge in [0.15, 0.2) is 0 Å². The van der Waals surface area contributed by atoms with Crippen LogP contribution in [0.3, 0.4) is 0 Å². The summed E-state index contributed by atoms with van der Waals surface area (Å²) < 4.78 is 5.58. The van der Waals surface area contributed by atoms with Crippen molar-refractivity contribution in [1.82, 2.24) is 5.32 Å². The molecule has 0 spiro atoms. The number of carbonyl (C=O) groups excluding carboxylic acids is 1. The van der Waals surface area contributed by atoms with Gasteiger partial charge in [-0.15, -0.1) is 0 Å². The SMILES string of the molecule is CN[C@H](C=O)[C@@H](C)OCc1ccccc1. The smallest absolute Gasteiger partial charge is 0.139 e.